The second-order valence-corrected chi connectivity index (χ2v) is 5.81. The quantitative estimate of drug-likeness (QED) is 0.758. The molecule has 1 aromatic heterocycles. The Hall–Kier alpha value is -2.44. The molecule has 0 spiro atoms. The molecular weight excluding hydrogens is 349 g/mol. The van der Waals surface area contributed by atoms with Crippen molar-refractivity contribution < 1.29 is 4.79 Å². The van der Waals surface area contributed by atoms with Gasteiger partial charge in [-0.2, -0.15) is 0 Å². The first kappa shape index (κ1) is 16.4. The Morgan fingerprint density at radius 2 is 1.92 bits per heavy atom. The maximum absolute atomic E-state index is 12.2. The largest absolute Gasteiger partial charge is 0.352 e. The number of benzene rings is 2. The highest BCUT2D eigenvalue weighted by molar-refractivity contribution is 6.42. The fraction of sp³-hybridized carbons (Fsp3) is 0.125. The maximum atomic E-state index is 12.2. The average molecular weight is 362 g/mol. The number of nitrogens with one attached hydrogen (secondary N) is 1. The van der Waals surface area contributed by atoms with Gasteiger partial charge in [-0.1, -0.05) is 35.3 Å². The molecule has 1 N–H and O–H groups in total. The van der Waals surface area contributed by atoms with E-state index in [1.165, 1.54) is 11.0 Å². The molecule has 0 atom stereocenters. The van der Waals surface area contributed by atoms with Crippen molar-refractivity contribution in [3.8, 4) is 5.69 Å². The molecule has 0 aliphatic rings. The van der Waals surface area contributed by atoms with Gasteiger partial charge < -0.3 is 5.32 Å². The Kier molecular flexibility index (Phi) is 5.08. The molecule has 3 aromatic rings. The smallest absolute Gasteiger partial charge is 0.251 e. The summed E-state index contributed by atoms with van der Waals surface area (Å²) in [6.45, 7) is 0.466. The predicted molar refractivity (Wildman–Crippen MR) is 91.7 cm³/mol. The number of hydrogen-bond donors (Lipinski definition) is 1. The molecule has 3 rings (SSSR count). The van der Waals surface area contributed by atoms with Crippen LogP contribution < -0.4 is 5.32 Å². The van der Waals surface area contributed by atoms with Crippen LogP contribution in [0.1, 0.15) is 15.9 Å². The summed E-state index contributed by atoms with van der Waals surface area (Å²) in [6, 6.07) is 12.5. The third kappa shape index (κ3) is 3.72. The van der Waals surface area contributed by atoms with Crippen molar-refractivity contribution in [2.75, 3.05) is 6.54 Å². The van der Waals surface area contributed by atoms with Gasteiger partial charge in [-0.05, 0) is 52.7 Å². The lowest BCUT2D eigenvalue weighted by Crippen LogP contribution is -2.25. The van der Waals surface area contributed by atoms with E-state index in [1.807, 2.05) is 12.1 Å². The lowest BCUT2D eigenvalue weighted by atomic mass is 10.1. The lowest BCUT2D eigenvalue weighted by molar-refractivity contribution is 0.0954. The first-order valence-electron chi connectivity index (χ1n) is 7.19. The van der Waals surface area contributed by atoms with Crippen molar-refractivity contribution in [2.45, 2.75) is 6.42 Å². The lowest BCUT2D eigenvalue weighted by Gasteiger charge is -2.08. The standard InChI is InChI=1S/C16H13Cl2N5O/c17-14-3-1-2-11(15(14)18)8-9-19-16(24)12-4-6-13(7-5-12)23-10-20-21-22-23/h1-7,10H,8-9H2,(H,19,24). The van der Waals surface area contributed by atoms with Crippen molar-refractivity contribution in [2.24, 2.45) is 0 Å². The number of halogens is 2. The molecule has 2 aromatic carbocycles. The fourth-order valence-corrected chi connectivity index (χ4v) is 2.61. The van der Waals surface area contributed by atoms with Crippen LogP contribution in [0.2, 0.25) is 10.0 Å². The van der Waals surface area contributed by atoms with E-state index in [1.54, 1.807) is 30.3 Å². The van der Waals surface area contributed by atoms with Gasteiger partial charge in [0.05, 0.1) is 15.7 Å². The molecule has 8 heteroatoms. The Balaban J connectivity index is 1.58. The van der Waals surface area contributed by atoms with Crippen LogP contribution in [0, 0.1) is 0 Å². The molecule has 0 radical (unpaired) electrons. The van der Waals surface area contributed by atoms with Crippen molar-refractivity contribution in [3.05, 3.63) is 70.0 Å². The summed E-state index contributed by atoms with van der Waals surface area (Å²) in [5.41, 5.74) is 2.24. The zero-order chi connectivity index (χ0) is 16.9. The SMILES string of the molecule is O=C(NCCc1cccc(Cl)c1Cl)c1ccc(-n2cnnn2)cc1. The Bertz CT molecular complexity index is 834. The number of tetrazole rings is 1. The highest BCUT2D eigenvalue weighted by Crippen LogP contribution is 2.25. The molecule has 122 valence electrons. The minimum atomic E-state index is -0.156. The normalized spacial score (nSPS) is 10.6. The van der Waals surface area contributed by atoms with E-state index in [9.17, 15) is 4.79 Å². The Labute approximate surface area is 148 Å². The van der Waals surface area contributed by atoms with E-state index in [2.05, 4.69) is 20.8 Å². The average Bonchev–Trinajstić information content (AvgIpc) is 3.13. The molecule has 0 fully saturated rings. The van der Waals surface area contributed by atoms with Gasteiger partial charge in [0.25, 0.3) is 5.91 Å². The molecule has 6 nitrogen and oxygen atoms in total. The third-order valence-corrected chi connectivity index (χ3v) is 4.31. The summed E-state index contributed by atoms with van der Waals surface area (Å²) in [5, 5.41) is 14.8. The molecule has 0 unspecified atom stereocenters. The van der Waals surface area contributed by atoms with Crippen molar-refractivity contribution in [1.82, 2.24) is 25.5 Å². The predicted octanol–water partition coefficient (Wildman–Crippen LogP) is 2.94. The molecule has 0 saturated carbocycles. The van der Waals surface area contributed by atoms with E-state index in [4.69, 9.17) is 23.2 Å². The molecule has 0 aliphatic carbocycles. The van der Waals surface area contributed by atoms with Crippen molar-refractivity contribution in [3.63, 3.8) is 0 Å². The number of carbonyl (C=O) groups excluding carboxylic acids is 1. The summed E-state index contributed by atoms with van der Waals surface area (Å²) >= 11 is 12.1. The van der Waals surface area contributed by atoms with E-state index >= 15 is 0 Å². The van der Waals surface area contributed by atoms with Gasteiger partial charge in [-0.3, -0.25) is 4.79 Å². The molecule has 0 bridgehead atoms. The fourth-order valence-electron chi connectivity index (χ4n) is 2.20. The van der Waals surface area contributed by atoms with Gasteiger partial charge in [-0.15, -0.1) is 5.10 Å². The summed E-state index contributed by atoms with van der Waals surface area (Å²) in [7, 11) is 0. The number of rotatable bonds is 5. The number of aromatic nitrogens is 4. The second-order valence-electron chi connectivity index (χ2n) is 5.02. The Morgan fingerprint density at radius 1 is 1.12 bits per heavy atom. The van der Waals surface area contributed by atoms with Gasteiger partial charge in [-0.25, -0.2) is 4.68 Å². The third-order valence-electron chi connectivity index (χ3n) is 3.45. The van der Waals surface area contributed by atoms with E-state index in [0.717, 1.165) is 11.3 Å². The van der Waals surface area contributed by atoms with Gasteiger partial charge >= 0.3 is 0 Å². The summed E-state index contributed by atoms with van der Waals surface area (Å²) in [6.07, 6.45) is 2.09. The zero-order valence-electron chi connectivity index (χ0n) is 12.5. The van der Waals surface area contributed by atoms with Crippen LogP contribution in [0.3, 0.4) is 0 Å². The van der Waals surface area contributed by atoms with Crippen LogP contribution in [-0.4, -0.2) is 32.7 Å². The van der Waals surface area contributed by atoms with Crippen molar-refractivity contribution >= 4 is 29.1 Å². The van der Waals surface area contributed by atoms with Crippen LogP contribution in [0.15, 0.2) is 48.8 Å². The summed E-state index contributed by atoms with van der Waals surface area (Å²) in [4.78, 5) is 12.2. The Morgan fingerprint density at radius 3 is 2.62 bits per heavy atom. The van der Waals surface area contributed by atoms with Gasteiger partial charge in [0.2, 0.25) is 0 Å². The minimum absolute atomic E-state index is 0.156. The summed E-state index contributed by atoms with van der Waals surface area (Å²) in [5.74, 6) is -0.156. The number of nitrogens with zero attached hydrogens (tertiary/aromatic N) is 4. The van der Waals surface area contributed by atoms with Crippen LogP contribution in [-0.2, 0) is 6.42 Å². The first-order chi connectivity index (χ1) is 11.6. The maximum Gasteiger partial charge on any atom is 0.251 e. The monoisotopic (exact) mass is 361 g/mol. The molecule has 0 aliphatic heterocycles. The number of amides is 1. The molecule has 1 heterocycles. The zero-order valence-corrected chi connectivity index (χ0v) is 14.0. The number of hydrogen-bond acceptors (Lipinski definition) is 4. The molecule has 0 saturated heterocycles. The molecule has 24 heavy (non-hydrogen) atoms. The van der Waals surface area contributed by atoms with Crippen LogP contribution in [0.25, 0.3) is 5.69 Å². The van der Waals surface area contributed by atoms with Gasteiger partial charge in [0, 0.05) is 12.1 Å². The van der Waals surface area contributed by atoms with E-state index in [0.29, 0.717) is 28.6 Å². The van der Waals surface area contributed by atoms with Crippen LogP contribution >= 0.6 is 23.2 Å². The highest BCUT2D eigenvalue weighted by Gasteiger charge is 2.08. The van der Waals surface area contributed by atoms with Gasteiger partial charge in [0.15, 0.2) is 0 Å². The summed E-state index contributed by atoms with van der Waals surface area (Å²) < 4.78 is 1.52. The molecular formula is C16H13Cl2N5O. The molecule has 1 amide bonds. The topological polar surface area (TPSA) is 72.7 Å². The van der Waals surface area contributed by atoms with E-state index in [-0.39, 0.29) is 5.91 Å². The number of carbonyl (C=O) groups is 1. The second kappa shape index (κ2) is 7.42. The van der Waals surface area contributed by atoms with E-state index < -0.39 is 0 Å². The first-order valence-corrected chi connectivity index (χ1v) is 7.95. The van der Waals surface area contributed by atoms with Crippen molar-refractivity contribution in [1.29, 1.82) is 0 Å². The highest BCUT2D eigenvalue weighted by atomic mass is 35.5. The van der Waals surface area contributed by atoms with Crippen LogP contribution in [0.5, 0.6) is 0 Å². The minimum Gasteiger partial charge on any atom is -0.352 e. The van der Waals surface area contributed by atoms with Crippen LogP contribution in [0.4, 0.5) is 0 Å². The van der Waals surface area contributed by atoms with Gasteiger partial charge in [0.1, 0.15) is 6.33 Å².